The Kier molecular flexibility index (Phi) is 7.53. The Morgan fingerprint density at radius 1 is 1.31 bits per heavy atom. The lowest BCUT2D eigenvalue weighted by Gasteiger charge is -2.40. The maximum absolute atomic E-state index is 14.2. The lowest BCUT2D eigenvalue weighted by molar-refractivity contribution is -0.129. The molecule has 0 aliphatic carbocycles. The van der Waals surface area contributed by atoms with E-state index in [9.17, 15) is 9.18 Å². The number of morpholine rings is 1. The van der Waals surface area contributed by atoms with Gasteiger partial charge >= 0.3 is 0 Å². The average Bonchev–Trinajstić information content (AvgIpc) is 3.36. The van der Waals surface area contributed by atoms with Crippen LogP contribution in [0.3, 0.4) is 0 Å². The zero-order valence-electron chi connectivity index (χ0n) is 22.1. The summed E-state index contributed by atoms with van der Waals surface area (Å²) < 4.78 is 27.4. The third kappa shape index (κ3) is 5.45. The molecule has 4 heterocycles. The first-order valence-corrected chi connectivity index (χ1v) is 12.8. The van der Waals surface area contributed by atoms with E-state index >= 15 is 0 Å². The number of ether oxygens (including phenoxy) is 2. The van der Waals surface area contributed by atoms with Crippen molar-refractivity contribution in [3.05, 3.63) is 59.8 Å². The maximum atomic E-state index is 14.2. The van der Waals surface area contributed by atoms with Crippen LogP contribution in [-0.2, 0) is 9.53 Å². The highest BCUT2D eigenvalue weighted by molar-refractivity contribution is 6.32. The van der Waals surface area contributed by atoms with E-state index in [0.29, 0.717) is 53.5 Å². The molecule has 3 aromatic heterocycles. The summed E-state index contributed by atoms with van der Waals surface area (Å²) in [5.74, 6) is 0.449. The number of benzene rings is 1. The fourth-order valence-corrected chi connectivity index (χ4v) is 4.75. The highest BCUT2D eigenvalue weighted by atomic mass is 35.5. The Labute approximate surface area is 230 Å². The number of methoxy groups -OCH3 is 1. The van der Waals surface area contributed by atoms with E-state index in [0.717, 1.165) is 5.69 Å². The molecule has 5 rings (SSSR count). The molecule has 204 valence electrons. The highest BCUT2D eigenvalue weighted by Gasteiger charge is 2.28. The number of carbonyl (C=O) groups is 1. The number of nitrogens with zero attached hydrogens (tertiary/aromatic N) is 6. The van der Waals surface area contributed by atoms with Gasteiger partial charge in [-0.15, -0.1) is 0 Å². The summed E-state index contributed by atoms with van der Waals surface area (Å²) >= 11 is 6.42. The van der Waals surface area contributed by atoms with Crippen molar-refractivity contribution in [3.8, 4) is 17.1 Å². The van der Waals surface area contributed by atoms with Crippen LogP contribution in [0.5, 0.6) is 5.75 Å². The predicted octanol–water partition coefficient (Wildman–Crippen LogP) is 4.41. The van der Waals surface area contributed by atoms with Crippen LogP contribution in [-0.4, -0.2) is 76.2 Å². The molecule has 12 heteroatoms. The van der Waals surface area contributed by atoms with Gasteiger partial charge in [0, 0.05) is 51.1 Å². The fourth-order valence-electron chi connectivity index (χ4n) is 4.56. The van der Waals surface area contributed by atoms with Crippen molar-refractivity contribution in [3.63, 3.8) is 0 Å². The summed E-state index contributed by atoms with van der Waals surface area (Å²) in [6.07, 6.45) is 4.60. The first-order valence-electron chi connectivity index (χ1n) is 12.4. The quantitative estimate of drug-likeness (QED) is 0.359. The van der Waals surface area contributed by atoms with Crippen LogP contribution in [0.2, 0.25) is 5.02 Å². The second-order valence-electron chi connectivity index (χ2n) is 9.45. The van der Waals surface area contributed by atoms with Gasteiger partial charge in [-0.1, -0.05) is 11.6 Å². The Hall–Kier alpha value is -3.96. The number of anilines is 3. The van der Waals surface area contributed by atoms with Gasteiger partial charge in [-0.3, -0.25) is 9.20 Å². The lowest BCUT2D eigenvalue weighted by Crippen LogP contribution is -2.52. The molecule has 0 saturated carbocycles. The van der Waals surface area contributed by atoms with E-state index in [1.807, 2.05) is 18.2 Å². The molecule has 2 atom stereocenters. The molecule has 1 aliphatic rings. The molecule has 0 spiro atoms. The van der Waals surface area contributed by atoms with E-state index in [1.54, 1.807) is 42.6 Å². The number of rotatable bonds is 7. The number of fused-ring (bicyclic) bond motifs is 1. The normalized spacial score (nSPS) is 17.3. The first-order chi connectivity index (χ1) is 18.7. The minimum Gasteiger partial charge on any atom is -0.494 e. The van der Waals surface area contributed by atoms with Crippen LogP contribution >= 0.6 is 11.6 Å². The molecular formula is C27H29ClFN7O3. The van der Waals surface area contributed by atoms with Crippen molar-refractivity contribution in [1.29, 1.82) is 0 Å². The van der Waals surface area contributed by atoms with Crippen LogP contribution in [0.4, 0.5) is 21.7 Å². The van der Waals surface area contributed by atoms with E-state index in [1.165, 1.54) is 18.5 Å². The minimum absolute atomic E-state index is 0.00188. The maximum Gasteiger partial charge on any atom is 0.227 e. The van der Waals surface area contributed by atoms with Crippen LogP contribution in [0.25, 0.3) is 17.0 Å². The number of hydrogen-bond acceptors (Lipinski definition) is 8. The molecule has 1 N–H and O–H groups in total. The Bertz CT molecular complexity index is 1510. The fraction of sp³-hybridized carbons (Fsp3) is 0.333. The standard InChI is InChI=1S/C27H29ClFN7O3/c1-16-15-39-19(13-34(3)17(2)37)14-36(16)18-7-8-22(24(10-18)38-4)32-27-31-11-20(28)25(33-27)23-12-30-26-21(29)6-5-9-35(23)26/h5-12,16,19H,13-15H2,1-4H3,(H,31,32,33). The van der Waals surface area contributed by atoms with Crippen molar-refractivity contribution >= 4 is 40.5 Å². The molecule has 0 radical (unpaired) electrons. The third-order valence-electron chi connectivity index (χ3n) is 6.76. The average molecular weight is 554 g/mol. The van der Waals surface area contributed by atoms with Crippen LogP contribution < -0.4 is 15.0 Å². The molecule has 1 amide bonds. The number of carbonyl (C=O) groups excluding carboxylic acids is 1. The number of pyridine rings is 1. The predicted molar refractivity (Wildman–Crippen MR) is 147 cm³/mol. The number of likely N-dealkylation sites (N-methyl/N-ethyl adjacent to an activating group) is 1. The SMILES string of the molecule is COc1cc(N2CC(CN(C)C(C)=O)OCC2C)ccc1Nc1ncc(Cl)c(-c2cnc3c(F)cccn23)n1. The Balaban J connectivity index is 1.39. The molecule has 1 aromatic carbocycles. The summed E-state index contributed by atoms with van der Waals surface area (Å²) in [5.41, 5.74) is 2.75. The Morgan fingerprint density at radius 3 is 2.90 bits per heavy atom. The topological polar surface area (TPSA) is 97.1 Å². The molecule has 0 bridgehead atoms. The monoisotopic (exact) mass is 553 g/mol. The van der Waals surface area contributed by atoms with Crippen LogP contribution in [0.1, 0.15) is 13.8 Å². The molecule has 1 fully saturated rings. The smallest absolute Gasteiger partial charge is 0.227 e. The Morgan fingerprint density at radius 2 is 2.13 bits per heavy atom. The zero-order chi connectivity index (χ0) is 27.7. The van der Waals surface area contributed by atoms with E-state index in [4.69, 9.17) is 21.1 Å². The first kappa shape index (κ1) is 26.6. The number of nitrogens with one attached hydrogen (secondary N) is 1. The van der Waals surface area contributed by atoms with Gasteiger partial charge in [0.05, 0.1) is 48.6 Å². The largest absolute Gasteiger partial charge is 0.494 e. The van der Waals surface area contributed by atoms with E-state index in [-0.39, 0.29) is 23.7 Å². The summed E-state index contributed by atoms with van der Waals surface area (Å²) in [7, 11) is 3.37. The molecule has 1 aliphatic heterocycles. The van der Waals surface area contributed by atoms with Crippen LogP contribution in [0.15, 0.2) is 48.9 Å². The molecular weight excluding hydrogens is 525 g/mol. The summed E-state index contributed by atoms with van der Waals surface area (Å²) in [6, 6.07) is 8.91. The molecule has 2 unspecified atom stereocenters. The van der Waals surface area contributed by atoms with E-state index < -0.39 is 5.82 Å². The van der Waals surface area contributed by atoms with Crippen molar-refractivity contribution in [2.45, 2.75) is 26.0 Å². The lowest BCUT2D eigenvalue weighted by atomic mass is 10.1. The minimum atomic E-state index is -0.441. The van der Waals surface area contributed by atoms with Crippen molar-refractivity contribution in [2.24, 2.45) is 0 Å². The second kappa shape index (κ2) is 11.0. The van der Waals surface area contributed by atoms with Gasteiger partial charge < -0.3 is 24.6 Å². The molecule has 1 saturated heterocycles. The molecule has 4 aromatic rings. The number of amides is 1. The van der Waals surface area contributed by atoms with Gasteiger partial charge in [0.1, 0.15) is 11.4 Å². The van der Waals surface area contributed by atoms with Crippen molar-refractivity contribution < 1.29 is 18.7 Å². The van der Waals surface area contributed by atoms with Gasteiger partial charge in [0.25, 0.3) is 0 Å². The van der Waals surface area contributed by atoms with Crippen molar-refractivity contribution in [2.75, 3.05) is 44.1 Å². The van der Waals surface area contributed by atoms with Gasteiger partial charge in [-0.2, -0.15) is 0 Å². The highest BCUT2D eigenvalue weighted by Crippen LogP contribution is 2.34. The summed E-state index contributed by atoms with van der Waals surface area (Å²) in [5, 5.41) is 3.51. The number of aromatic nitrogens is 4. The van der Waals surface area contributed by atoms with Gasteiger partial charge in [0.2, 0.25) is 11.9 Å². The number of halogens is 2. The second-order valence-corrected chi connectivity index (χ2v) is 9.86. The number of hydrogen-bond donors (Lipinski definition) is 1. The van der Waals surface area contributed by atoms with Gasteiger partial charge in [-0.25, -0.2) is 19.3 Å². The number of imidazole rings is 1. The molecule has 39 heavy (non-hydrogen) atoms. The molecule has 10 nitrogen and oxygen atoms in total. The third-order valence-corrected chi connectivity index (χ3v) is 7.04. The summed E-state index contributed by atoms with van der Waals surface area (Å²) in [6.45, 7) is 5.35. The van der Waals surface area contributed by atoms with Gasteiger partial charge in [0.15, 0.2) is 11.5 Å². The van der Waals surface area contributed by atoms with Crippen molar-refractivity contribution in [1.82, 2.24) is 24.3 Å². The van der Waals surface area contributed by atoms with E-state index in [2.05, 4.69) is 32.1 Å². The summed E-state index contributed by atoms with van der Waals surface area (Å²) in [4.78, 5) is 28.7. The van der Waals surface area contributed by atoms with Crippen LogP contribution in [0, 0.1) is 5.82 Å². The zero-order valence-corrected chi connectivity index (χ0v) is 22.8. The van der Waals surface area contributed by atoms with Gasteiger partial charge in [-0.05, 0) is 31.2 Å².